The van der Waals surface area contributed by atoms with Crippen LogP contribution in [0.3, 0.4) is 0 Å². The molecule has 0 aromatic rings. The number of carbonyl (C=O) groups is 1. The highest BCUT2D eigenvalue weighted by Crippen LogP contribution is 2.29. The molecule has 0 spiro atoms. The van der Waals surface area contributed by atoms with E-state index in [0.717, 1.165) is 19.1 Å². The molecule has 1 atom stereocenters. The van der Waals surface area contributed by atoms with E-state index in [0.29, 0.717) is 18.8 Å². The molecule has 1 fully saturated rings. The second-order valence-electron chi connectivity index (χ2n) is 6.77. The van der Waals surface area contributed by atoms with Gasteiger partial charge in [0.1, 0.15) is 5.60 Å². The molecule has 0 aromatic heterocycles. The zero-order valence-electron chi connectivity index (χ0n) is 13.5. The predicted octanol–water partition coefficient (Wildman–Crippen LogP) is 2.43. The molecule has 0 saturated heterocycles. The van der Waals surface area contributed by atoms with Gasteiger partial charge in [-0.25, -0.2) is 4.79 Å². The van der Waals surface area contributed by atoms with Gasteiger partial charge < -0.3 is 10.1 Å². The van der Waals surface area contributed by atoms with Gasteiger partial charge in [-0.3, -0.25) is 4.18 Å². The highest BCUT2D eigenvalue weighted by Gasteiger charge is 2.29. The van der Waals surface area contributed by atoms with Crippen LogP contribution in [0.25, 0.3) is 0 Å². The van der Waals surface area contributed by atoms with Crippen LogP contribution >= 0.6 is 0 Å². The van der Waals surface area contributed by atoms with Gasteiger partial charge in [-0.2, -0.15) is 8.42 Å². The summed E-state index contributed by atoms with van der Waals surface area (Å²) in [4.78, 5) is 11.7. The van der Waals surface area contributed by atoms with Crippen LogP contribution in [0.5, 0.6) is 0 Å². The summed E-state index contributed by atoms with van der Waals surface area (Å²) in [5, 5.41) is 2.85. The van der Waals surface area contributed by atoms with Crippen molar-refractivity contribution in [3.8, 4) is 0 Å². The van der Waals surface area contributed by atoms with Gasteiger partial charge in [0.2, 0.25) is 0 Å². The quantitative estimate of drug-likeness (QED) is 0.804. The molecule has 21 heavy (non-hydrogen) atoms. The van der Waals surface area contributed by atoms with Crippen LogP contribution in [0.4, 0.5) is 4.79 Å². The molecule has 0 bridgehead atoms. The normalized spacial score (nSPS) is 25.2. The molecule has 0 unspecified atom stereocenters. The Morgan fingerprint density at radius 3 is 2.14 bits per heavy atom. The third kappa shape index (κ3) is 7.66. The van der Waals surface area contributed by atoms with Gasteiger partial charge in [0.25, 0.3) is 10.1 Å². The maximum Gasteiger partial charge on any atom is 0.407 e. The van der Waals surface area contributed by atoms with Crippen molar-refractivity contribution in [3.63, 3.8) is 0 Å². The van der Waals surface area contributed by atoms with Gasteiger partial charge in [0.15, 0.2) is 0 Å². The van der Waals surface area contributed by atoms with E-state index in [2.05, 4.69) is 5.32 Å². The number of amides is 1. The first-order chi connectivity index (χ1) is 9.46. The summed E-state index contributed by atoms with van der Waals surface area (Å²) in [5.74, 6) is 0.317. The summed E-state index contributed by atoms with van der Waals surface area (Å²) in [6.45, 7) is 7.42. The summed E-state index contributed by atoms with van der Waals surface area (Å²) in [6, 6.07) is -0.000895. The Balaban J connectivity index is 2.38. The minimum absolute atomic E-state index is 0.000895. The third-order valence-electron chi connectivity index (χ3n) is 3.48. The van der Waals surface area contributed by atoms with Crippen molar-refractivity contribution < 1.29 is 22.1 Å². The molecule has 1 saturated carbocycles. The van der Waals surface area contributed by atoms with Crippen LogP contribution in [0, 0.1) is 5.92 Å². The maximum atomic E-state index is 11.7. The Kier molecular flexibility index (Phi) is 6.04. The largest absolute Gasteiger partial charge is 0.444 e. The molecule has 1 aliphatic rings. The monoisotopic (exact) mass is 321 g/mol. The molecule has 0 radical (unpaired) electrons. The summed E-state index contributed by atoms with van der Waals surface area (Å²) >= 11 is 0. The summed E-state index contributed by atoms with van der Waals surface area (Å²) in [5.41, 5.74) is -0.509. The molecule has 124 valence electrons. The first-order valence-corrected chi connectivity index (χ1v) is 9.16. The van der Waals surface area contributed by atoms with Gasteiger partial charge in [-0.05, 0) is 59.3 Å². The fourth-order valence-electron chi connectivity index (χ4n) is 2.54. The zero-order valence-corrected chi connectivity index (χ0v) is 14.3. The molecule has 0 aromatic carbocycles. The average molecular weight is 321 g/mol. The van der Waals surface area contributed by atoms with Crippen molar-refractivity contribution in [3.05, 3.63) is 0 Å². The van der Waals surface area contributed by atoms with E-state index >= 15 is 0 Å². The van der Waals surface area contributed by atoms with E-state index in [1.165, 1.54) is 0 Å². The number of alkyl carbamates (subject to hydrolysis) is 1. The van der Waals surface area contributed by atoms with Gasteiger partial charge in [-0.1, -0.05) is 0 Å². The van der Waals surface area contributed by atoms with Gasteiger partial charge in [0.05, 0.1) is 12.4 Å². The molecule has 0 aliphatic heterocycles. The van der Waals surface area contributed by atoms with Gasteiger partial charge in [0, 0.05) is 6.04 Å². The first-order valence-electron chi connectivity index (χ1n) is 7.34. The highest BCUT2D eigenvalue weighted by molar-refractivity contribution is 7.86. The zero-order chi connectivity index (χ0) is 16.3. The Labute approximate surface area is 127 Å². The molecule has 7 heteroatoms. The standard InChI is InChI=1S/C14H27NO5S/c1-10(15-13(16)19-14(2,3)4)11-6-8-12(9-7-11)20-21(5,17)18/h10-12H,6-9H2,1-5H3,(H,15,16)/t10-,11?,12?/m1/s1. The molecular weight excluding hydrogens is 294 g/mol. The fraction of sp³-hybridized carbons (Fsp3) is 0.929. The van der Waals surface area contributed by atoms with Crippen LogP contribution in [0.2, 0.25) is 0 Å². The minimum Gasteiger partial charge on any atom is -0.444 e. The van der Waals surface area contributed by atoms with Crippen LogP contribution in [0.15, 0.2) is 0 Å². The van der Waals surface area contributed by atoms with Gasteiger partial charge >= 0.3 is 6.09 Å². The number of nitrogens with one attached hydrogen (secondary N) is 1. The third-order valence-corrected chi connectivity index (χ3v) is 4.10. The Hall–Kier alpha value is -0.820. The van der Waals surface area contributed by atoms with Crippen molar-refractivity contribution in [1.82, 2.24) is 5.32 Å². The van der Waals surface area contributed by atoms with Gasteiger partial charge in [-0.15, -0.1) is 0 Å². The molecule has 0 heterocycles. The van der Waals surface area contributed by atoms with Crippen molar-refractivity contribution in [2.24, 2.45) is 5.92 Å². The van der Waals surface area contributed by atoms with E-state index < -0.39 is 21.8 Å². The lowest BCUT2D eigenvalue weighted by Crippen LogP contribution is -2.42. The van der Waals surface area contributed by atoms with Crippen molar-refractivity contribution in [2.45, 2.75) is 71.1 Å². The predicted molar refractivity (Wildman–Crippen MR) is 80.5 cm³/mol. The van der Waals surface area contributed by atoms with Crippen molar-refractivity contribution in [2.75, 3.05) is 6.26 Å². The fourth-order valence-corrected chi connectivity index (χ4v) is 3.23. The number of hydrogen-bond donors (Lipinski definition) is 1. The molecule has 1 aliphatic carbocycles. The van der Waals surface area contributed by atoms with E-state index in [1.54, 1.807) is 0 Å². The molecule has 1 rings (SSSR count). The lowest BCUT2D eigenvalue weighted by Gasteiger charge is -2.32. The Morgan fingerprint density at radius 2 is 1.71 bits per heavy atom. The molecular formula is C14H27NO5S. The number of carbonyl (C=O) groups excluding carboxylic acids is 1. The highest BCUT2D eigenvalue weighted by atomic mass is 32.2. The summed E-state index contributed by atoms with van der Waals surface area (Å²) < 4.78 is 32.4. The number of hydrogen-bond acceptors (Lipinski definition) is 5. The maximum absolute atomic E-state index is 11.7. The Bertz CT molecular complexity index is 446. The van der Waals surface area contributed by atoms with E-state index in [4.69, 9.17) is 8.92 Å². The lowest BCUT2D eigenvalue weighted by molar-refractivity contribution is 0.0471. The molecule has 1 amide bonds. The summed E-state index contributed by atoms with van der Waals surface area (Å²) in [6.07, 6.45) is 3.48. The Morgan fingerprint density at radius 1 is 1.19 bits per heavy atom. The topological polar surface area (TPSA) is 81.7 Å². The van der Waals surface area contributed by atoms with E-state index in [9.17, 15) is 13.2 Å². The second kappa shape index (κ2) is 6.96. The lowest BCUT2D eigenvalue weighted by atomic mass is 9.83. The van der Waals surface area contributed by atoms with E-state index in [1.807, 2.05) is 27.7 Å². The summed E-state index contributed by atoms with van der Waals surface area (Å²) in [7, 11) is -3.39. The van der Waals surface area contributed by atoms with Crippen molar-refractivity contribution in [1.29, 1.82) is 0 Å². The first kappa shape index (κ1) is 18.2. The number of ether oxygens (including phenoxy) is 1. The van der Waals surface area contributed by atoms with E-state index in [-0.39, 0.29) is 12.1 Å². The van der Waals surface area contributed by atoms with Crippen molar-refractivity contribution >= 4 is 16.2 Å². The minimum atomic E-state index is -3.39. The van der Waals surface area contributed by atoms with Crippen LogP contribution in [-0.4, -0.2) is 38.5 Å². The molecule has 6 nitrogen and oxygen atoms in total. The SMILES string of the molecule is C[C@@H](NC(=O)OC(C)(C)C)C1CCC(OS(C)(=O)=O)CC1. The average Bonchev–Trinajstić information content (AvgIpc) is 2.24. The van der Waals surface area contributed by atoms with Crippen LogP contribution in [0.1, 0.15) is 53.4 Å². The van der Waals surface area contributed by atoms with Crippen LogP contribution in [-0.2, 0) is 19.0 Å². The second-order valence-corrected chi connectivity index (χ2v) is 8.37. The molecule has 1 N–H and O–H groups in total. The smallest absolute Gasteiger partial charge is 0.407 e. The van der Waals surface area contributed by atoms with Crippen LogP contribution < -0.4 is 5.32 Å². The number of rotatable bonds is 4.